The van der Waals surface area contributed by atoms with Gasteiger partial charge in [0.2, 0.25) is 0 Å². The van der Waals surface area contributed by atoms with E-state index in [1.54, 1.807) is 16.9 Å². The van der Waals surface area contributed by atoms with E-state index in [0.29, 0.717) is 5.69 Å². The minimum atomic E-state index is -2.98. The third-order valence-electron chi connectivity index (χ3n) is 3.82. The Bertz CT molecular complexity index is 972. The number of nitrogens with one attached hydrogen (secondary N) is 1. The molecule has 1 aromatic carbocycles. The van der Waals surface area contributed by atoms with Crippen LogP contribution in [0.4, 0.5) is 14.5 Å². The van der Waals surface area contributed by atoms with Crippen LogP contribution in [0.2, 0.25) is 0 Å². The zero-order valence-electron chi connectivity index (χ0n) is 14.9. The summed E-state index contributed by atoms with van der Waals surface area (Å²) in [5.41, 5.74) is 1.44. The lowest BCUT2D eigenvalue weighted by Gasteiger charge is -2.11. The summed E-state index contributed by atoms with van der Waals surface area (Å²) < 4.78 is 35.9. The molecule has 142 valence electrons. The number of nitrogens with zero attached hydrogens (tertiary/aromatic N) is 3. The molecule has 0 radical (unpaired) electrons. The first kappa shape index (κ1) is 18.6. The topological polar surface area (TPSA) is 78.3 Å². The van der Waals surface area contributed by atoms with Crippen molar-refractivity contribution in [2.75, 3.05) is 12.4 Å². The van der Waals surface area contributed by atoms with E-state index in [9.17, 15) is 13.6 Å². The number of benzene rings is 1. The zero-order chi connectivity index (χ0) is 19.6. The zero-order valence-corrected chi connectivity index (χ0v) is 14.9. The lowest BCUT2D eigenvalue weighted by atomic mass is 10.2. The first-order valence-electron chi connectivity index (χ1n) is 8.16. The molecule has 2 aromatic heterocycles. The quantitative estimate of drug-likeness (QED) is 0.706. The standard InChI is InChI=1S/C18H18F2N4O3/c1-10(2)24-16-12(8-22-24)6-13(9-21-16)23-17(25)11-4-5-14(27-18(19)20)15(7-11)26-3/h4-10,18H,1-3H3,(H,23,25). The summed E-state index contributed by atoms with van der Waals surface area (Å²) in [6.07, 6.45) is 3.21. The van der Waals surface area contributed by atoms with Crippen molar-refractivity contribution in [3.05, 3.63) is 42.2 Å². The summed E-state index contributed by atoms with van der Waals surface area (Å²) in [5.74, 6) is -0.544. The average molecular weight is 376 g/mol. The second-order valence-electron chi connectivity index (χ2n) is 6.02. The summed E-state index contributed by atoms with van der Waals surface area (Å²) in [6.45, 7) is 1.01. The van der Waals surface area contributed by atoms with Crippen LogP contribution in [-0.2, 0) is 0 Å². The van der Waals surface area contributed by atoms with Gasteiger partial charge in [0.15, 0.2) is 17.1 Å². The minimum Gasteiger partial charge on any atom is -0.493 e. The molecule has 2 heterocycles. The van der Waals surface area contributed by atoms with Crippen LogP contribution in [0, 0.1) is 0 Å². The fraction of sp³-hybridized carbons (Fsp3) is 0.278. The molecule has 0 fully saturated rings. The summed E-state index contributed by atoms with van der Waals surface area (Å²) in [5, 5.41) is 7.79. The number of carbonyl (C=O) groups is 1. The third-order valence-corrected chi connectivity index (χ3v) is 3.82. The van der Waals surface area contributed by atoms with Gasteiger partial charge < -0.3 is 14.8 Å². The summed E-state index contributed by atoms with van der Waals surface area (Å²) in [6, 6.07) is 5.89. The van der Waals surface area contributed by atoms with Gasteiger partial charge in [-0.05, 0) is 38.1 Å². The molecule has 0 saturated carbocycles. The molecule has 0 spiro atoms. The fourth-order valence-electron chi connectivity index (χ4n) is 2.59. The molecule has 0 unspecified atom stereocenters. The molecule has 1 N–H and O–H groups in total. The second-order valence-corrected chi connectivity index (χ2v) is 6.02. The molecular formula is C18H18F2N4O3. The summed E-state index contributed by atoms with van der Waals surface area (Å²) in [4.78, 5) is 16.8. The highest BCUT2D eigenvalue weighted by atomic mass is 19.3. The van der Waals surface area contributed by atoms with Crippen LogP contribution in [0.15, 0.2) is 36.7 Å². The van der Waals surface area contributed by atoms with Gasteiger partial charge in [-0.1, -0.05) is 0 Å². The van der Waals surface area contributed by atoms with E-state index >= 15 is 0 Å². The maximum atomic E-state index is 12.5. The Morgan fingerprint density at radius 1 is 1.19 bits per heavy atom. The monoisotopic (exact) mass is 376 g/mol. The maximum absolute atomic E-state index is 12.5. The molecular weight excluding hydrogens is 358 g/mol. The van der Waals surface area contributed by atoms with Crippen LogP contribution < -0.4 is 14.8 Å². The number of amides is 1. The van der Waals surface area contributed by atoms with Crippen molar-refractivity contribution in [1.29, 1.82) is 0 Å². The molecule has 3 aromatic rings. The Labute approximate surface area is 153 Å². The van der Waals surface area contributed by atoms with E-state index in [-0.39, 0.29) is 23.1 Å². The highest BCUT2D eigenvalue weighted by molar-refractivity contribution is 6.05. The Kier molecular flexibility index (Phi) is 5.20. The summed E-state index contributed by atoms with van der Waals surface area (Å²) in [7, 11) is 1.31. The van der Waals surface area contributed by atoms with E-state index in [2.05, 4.69) is 20.1 Å². The van der Waals surface area contributed by atoms with E-state index in [0.717, 1.165) is 11.0 Å². The Morgan fingerprint density at radius 3 is 2.63 bits per heavy atom. The van der Waals surface area contributed by atoms with Gasteiger partial charge in [0, 0.05) is 17.0 Å². The van der Waals surface area contributed by atoms with Crippen molar-refractivity contribution in [2.24, 2.45) is 0 Å². The van der Waals surface area contributed by atoms with E-state index in [1.165, 1.54) is 31.5 Å². The SMILES string of the molecule is COc1cc(C(=O)Nc2cnc3c(cnn3C(C)C)c2)ccc1OC(F)F. The van der Waals surface area contributed by atoms with Crippen molar-refractivity contribution in [2.45, 2.75) is 26.5 Å². The van der Waals surface area contributed by atoms with Crippen LogP contribution in [0.25, 0.3) is 11.0 Å². The lowest BCUT2D eigenvalue weighted by Crippen LogP contribution is -2.13. The van der Waals surface area contributed by atoms with Crippen molar-refractivity contribution < 1.29 is 23.0 Å². The predicted octanol–water partition coefficient (Wildman–Crippen LogP) is 3.87. The molecule has 0 saturated heterocycles. The lowest BCUT2D eigenvalue weighted by molar-refractivity contribution is -0.0512. The smallest absolute Gasteiger partial charge is 0.387 e. The minimum absolute atomic E-state index is 0.0368. The average Bonchev–Trinajstić information content (AvgIpc) is 3.05. The van der Waals surface area contributed by atoms with Crippen molar-refractivity contribution in [3.8, 4) is 11.5 Å². The van der Waals surface area contributed by atoms with Gasteiger partial charge in [-0.15, -0.1) is 0 Å². The fourth-order valence-corrected chi connectivity index (χ4v) is 2.59. The number of pyridine rings is 1. The molecule has 0 aliphatic rings. The number of anilines is 1. The second kappa shape index (κ2) is 7.56. The number of fused-ring (bicyclic) bond motifs is 1. The Balaban J connectivity index is 1.81. The molecule has 0 bridgehead atoms. The number of hydrogen-bond donors (Lipinski definition) is 1. The normalized spacial score (nSPS) is 11.2. The van der Waals surface area contributed by atoms with Gasteiger partial charge in [0.1, 0.15) is 0 Å². The maximum Gasteiger partial charge on any atom is 0.387 e. The number of hydrogen-bond acceptors (Lipinski definition) is 5. The highest BCUT2D eigenvalue weighted by Crippen LogP contribution is 2.30. The molecule has 0 aliphatic carbocycles. The molecule has 3 rings (SSSR count). The van der Waals surface area contributed by atoms with E-state index in [4.69, 9.17) is 4.74 Å². The molecule has 9 heteroatoms. The molecule has 7 nitrogen and oxygen atoms in total. The molecule has 0 aliphatic heterocycles. The molecule has 0 atom stereocenters. The van der Waals surface area contributed by atoms with Crippen molar-refractivity contribution in [3.63, 3.8) is 0 Å². The van der Waals surface area contributed by atoms with E-state index in [1.807, 2.05) is 13.8 Å². The van der Waals surface area contributed by atoms with E-state index < -0.39 is 12.5 Å². The van der Waals surface area contributed by atoms with Crippen LogP contribution in [0.5, 0.6) is 11.5 Å². The van der Waals surface area contributed by atoms with Crippen molar-refractivity contribution >= 4 is 22.6 Å². The number of halogens is 2. The van der Waals surface area contributed by atoms with Gasteiger partial charge in [-0.25, -0.2) is 9.67 Å². The van der Waals surface area contributed by atoms with Crippen molar-refractivity contribution in [1.82, 2.24) is 14.8 Å². The molecule has 27 heavy (non-hydrogen) atoms. The van der Waals surface area contributed by atoms with Gasteiger partial charge in [-0.3, -0.25) is 4.79 Å². The molecule has 1 amide bonds. The van der Waals surface area contributed by atoms with Gasteiger partial charge in [0.25, 0.3) is 5.91 Å². The third kappa shape index (κ3) is 3.97. The first-order chi connectivity index (χ1) is 12.9. The number of alkyl halides is 2. The number of aromatic nitrogens is 3. The number of carbonyl (C=O) groups excluding carboxylic acids is 1. The summed E-state index contributed by atoms with van der Waals surface area (Å²) >= 11 is 0. The Hall–Kier alpha value is -3.23. The van der Waals surface area contributed by atoms with Crippen LogP contribution >= 0.6 is 0 Å². The predicted molar refractivity (Wildman–Crippen MR) is 95.5 cm³/mol. The number of ether oxygens (including phenoxy) is 2. The van der Waals surface area contributed by atoms with Crippen LogP contribution in [-0.4, -0.2) is 34.4 Å². The van der Waals surface area contributed by atoms with Gasteiger partial charge >= 0.3 is 6.61 Å². The van der Waals surface area contributed by atoms with Crippen LogP contribution in [0.3, 0.4) is 0 Å². The first-order valence-corrected chi connectivity index (χ1v) is 8.16. The van der Waals surface area contributed by atoms with Crippen LogP contribution in [0.1, 0.15) is 30.2 Å². The van der Waals surface area contributed by atoms with Gasteiger partial charge in [-0.2, -0.15) is 13.9 Å². The Morgan fingerprint density at radius 2 is 1.96 bits per heavy atom. The van der Waals surface area contributed by atoms with Gasteiger partial charge in [0.05, 0.1) is 25.2 Å². The highest BCUT2D eigenvalue weighted by Gasteiger charge is 2.15. The number of rotatable bonds is 6. The number of methoxy groups -OCH3 is 1. The largest absolute Gasteiger partial charge is 0.493 e.